The van der Waals surface area contributed by atoms with Gasteiger partial charge >= 0.3 is 0 Å². The van der Waals surface area contributed by atoms with Gasteiger partial charge in [0.05, 0.1) is 18.0 Å². The third-order valence-corrected chi connectivity index (χ3v) is 8.21. The molecule has 0 atom stereocenters. The van der Waals surface area contributed by atoms with Crippen molar-refractivity contribution in [2.45, 2.75) is 44.6 Å². The van der Waals surface area contributed by atoms with Crippen molar-refractivity contribution < 1.29 is 9.53 Å². The molecule has 34 heavy (non-hydrogen) atoms. The Hall–Kier alpha value is -2.45. The Balaban J connectivity index is 1.60. The van der Waals surface area contributed by atoms with Crippen molar-refractivity contribution in [3.05, 3.63) is 85.3 Å². The number of halogens is 1. The molecule has 1 aliphatic heterocycles. The Morgan fingerprint density at radius 2 is 1.88 bits per heavy atom. The lowest BCUT2D eigenvalue weighted by Gasteiger charge is -2.30. The Morgan fingerprint density at radius 1 is 1.18 bits per heavy atom. The van der Waals surface area contributed by atoms with Crippen LogP contribution in [0, 0.1) is 6.92 Å². The number of nitrogens with zero attached hydrogens (tertiary/aromatic N) is 2. The third-order valence-electron chi connectivity index (χ3n) is 5.84. The van der Waals surface area contributed by atoms with Gasteiger partial charge in [-0.2, -0.15) is 0 Å². The van der Waals surface area contributed by atoms with Crippen LogP contribution in [0.3, 0.4) is 0 Å². The SMILES string of the molecule is Cc1ccc(-n2c(SCC(=O)c3ccc(Cl)cc3)nc3c(=O)c4c(sc32)COC(C)(C)C4)cc1. The number of aromatic nitrogens is 2. The number of hydrogen-bond donors (Lipinski definition) is 0. The standard InChI is InChI=1S/C26H23ClN2O3S2/c1-15-4-10-18(11-5-15)29-24-22(23(31)19-12-26(2,3)32-13-21(19)34-24)28-25(29)33-14-20(30)16-6-8-17(27)9-7-16/h4-11H,12-14H2,1-3H3. The first-order chi connectivity index (χ1) is 16.2. The molecule has 0 fully saturated rings. The van der Waals surface area contributed by atoms with Crippen LogP contribution >= 0.6 is 34.7 Å². The van der Waals surface area contributed by atoms with E-state index >= 15 is 0 Å². The monoisotopic (exact) mass is 510 g/mol. The van der Waals surface area contributed by atoms with Crippen LogP contribution in [0.15, 0.2) is 58.5 Å². The van der Waals surface area contributed by atoms with Gasteiger partial charge in [-0.25, -0.2) is 4.98 Å². The van der Waals surface area contributed by atoms with Crippen molar-refractivity contribution in [3.63, 3.8) is 0 Å². The van der Waals surface area contributed by atoms with Crippen molar-refractivity contribution in [2.75, 3.05) is 5.75 Å². The van der Waals surface area contributed by atoms with Crippen molar-refractivity contribution in [3.8, 4) is 5.69 Å². The lowest BCUT2D eigenvalue weighted by atomic mass is 9.95. The van der Waals surface area contributed by atoms with E-state index in [0.717, 1.165) is 26.5 Å². The summed E-state index contributed by atoms with van der Waals surface area (Å²) in [6, 6.07) is 14.9. The second-order valence-corrected chi connectivity index (χ2v) is 11.5. The second-order valence-electron chi connectivity index (χ2n) is 9.00. The molecule has 2 aromatic heterocycles. The van der Waals surface area contributed by atoms with Gasteiger partial charge in [-0.05, 0) is 57.2 Å². The smallest absolute Gasteiger partial charge is 0.211 e. The van der Waals surface area contributed by atoms with Crippen LogP contribution in [0.4, 0.5) is 0 Å². The average Bonchev–Trinajstić information content (AvgIpc) is 3.17. The fraction of sp³-hybridized carbons (Fsp3) is 0.269. The highest BCUT2D eigenvalue weighted by Crippen LogP contribution is 2.35. The summed E-state index contributed by atoms with van der Waals surface area (Å²) in [6.07, 6.45) is 0.558. The normalized spacial score (nSPS) is 14.8. The molecule has 0 spiro atoms. The van der Waals surface area contributed by atoms with Gasteiger partial charge in [0.2, 0.25) is 5.43 Å². The van der Waals surface area contributed by atoms with Crippen LogP contribution in [-0.2, 0) is 17.8 Å². The number of benzene rings is 2. The predicted molar refractivity (Wildman–Crippen MR) is 139 cm³/mol. The molecule has 0 saturated heterocycles. The summed E-state index contributed by atoms with van der Waals surface area (Å²) in [6.45, 7) is 6.44. The van der Waals surface area contributed by atoms with Crippen LogP contribution < -0.4 is 5.43 Å². The van der Waals surface area contributed by atoms with Crippen molar-refractivity contribution >= 4 is 50.8 Å². The molecule has 3 heterocycles. The van der Waals surface area contributed by atoms with E-state index < -0.39 is 0 Å². The number of hydrogen-bond acceptors (Lipinski definition) is 6. The number of fused-ring (bicyclic) bond motifs is 2. The molecule has 8 heteroatoms. The molecule has 0 saturated carbocycles. The minimum absolute atomic E-state index is 0.0235. The average molecular weight is 511 g/mol. The van der Waals surface area contributed by atoms with Crippen molar-refractivity contribution in [2.24, 2.45) is 0 Å². The van der Waals surface area contributed by atoms with E-state index in [4.69, 9.17) is 21.3 Å². The Kier molecular flexibility index (Phi) is 6.14. The molecule has 174 valence electrons. The van der Waals surface area contributed by atoms with Gasteiger partial charge in [0, 0.05) is 33.1 Å². The van der Waals surface area contributed by atoms with Gasteiger partial charge in [0.25, 0.3) is 0 Å². The van der Waals surface area contributed by atoms with Crippen molar-refractivity contribution in [1.82, 2.24) is 9.55 Å². The first kappa shape index (κ1) is 23.3. The van der Waals surface area contributed by atoms with E-state index in [0.29, 0.717) is 34.3 Å². The predicted octanol–water partition coefficient (Wildman–Crippen LogP) is 6.24. The molecule has 0 amide bonds. The molecule has 0 N–H and O–H groups in total. The number of imidazole rings is 1. The minimum atomic E-state index is -0.380. The van der Waals surface area contributed by atoms with Gasteiger partial charge in [-0.1, -0.05) is 41.1 Å². The minimum Gasteiger partial charge on any atom is -0.370 e. The van der Waals surface area contributed by atoms with E-state index in [2.05, 4.69) is 0 Å². The number of carbonyl (C=O) groups is 1. The van der Waals surface area contributed by atoms with E-state index in [1.165, 1.54) is 11.8 Å². The number of ketones is 1. The Bertz CT molecular complexity index is 1450. The maximum absolute atomic E-state index is 13.5. The Morgan fingerprint density at radius 3 is 2.59 bits per heavy atom. The molecular weight excluding hydrogens is 488 g/mol. The molecule has 5 rings (SSSR count). The number of ether oxygens (including phenoxy) is 1. The summed E-state index contributed by atoms with van der Waals surface area (Å²) in [5, 5.41) is 1.21. The highest BCUT2D eigenvalue weighted by atomic mass is 35.5. The molecule has 4 aromatic rings. The topological polar surface area (TPSA) is 61.2 Å². The third kappa shape index (κ3) is 4.45. The second kappa shape index (κ2) is 8.96. The molecular formula is C26H23ClN2O3S2. The van der Waals surface area contributed by atoms with Gasteiger partial charge in [-0.3, -0.25) is 14.2 Å². The highest BCUT2D eigenvalue weighted by molar-refractivity contribution is 7.99. The van der Waals surface area contributed by atoms with Crippen LogP contribution in [-0.4, -0.2) is 26.7 Å². The van der Waals surface area contributed by atoms with Crippen molar-refractivity contribution in [1.29, 1.82) is 0 Å². The maximum atomic E-state index is 13.5. The van der Waals surface area contributed by atoms with Crippen LogP contribution in [0.1, 0.15) is 40.2 Å². The first-order valence-electron chi connectivity index (χ1n) is 10.9. The molecule has 2 aromatic carbocycles. The summed E-state index contributed by atoms with van der Waals surface area (Å²) in [5.41, 5.74) is 3.45. The lowest BCUT2D eigenvalue weighted by molar-refractivity contribution is -0.0386. The molecule has 0 aliphatic carbocycles. The largest absolute Gasteiger partial charge is 0.370 e. The lowest BCUT2D eigenvalue weighted by Crippen LogP contribution is -2.34. The first-order valence-corrected chi connectivity index (χ1v) is 13.1. The van der Waals surface area contributed by atoms with E-state index in [9.17, 15) is 9.59 Å². The summed E-state index contributed by atoms with van der Waals surface area (Å²) in [4.78, 5) is 32.8. The maximum Gasteiger partial charge on any atom is 0.211 e. The number of aryl methyl sites for hydroxylation is 1. The van der Waals surface area contributed by atoms with Gasteiger partial charge in [-0.15, -0.1) is 11.3 Å². The molecule has 0 bridgehead atoms. The van der Waals surface area contributed by atoms with Crippen LogP contribution in [0.2, 0.25) is 5.02 Å². The van der Waals surface area contributed by atoms with E-state index in [1.807, 2.05) is 49.6 Å². The van der Waals surface area contributed by atoms with Gasteiger partial charge < -0.3 is 4.74 Å². The van der Waals surface area contributed by atoms with E-state index in [1.54, 1.807) is 35.6 Å². The zero-order valence-electron chi connectivity index (χ0n) is 19.1. The summed E-state index contributed by atoms with van der Waals surface area (Å²) < 4.78 is 7.97. The number of rotatable bonds is 5. The molecule has 0 radical (unpaired) electrons. The van der Waals surface area contributed by atoms with Gasteiger partial charge in [0.1, 0.15) is 10.3 Å². The molecule has 5 nitrogen and oxygen atoms in total. The zero-order chi connectivity index (χ0) is 24.0. The van der Waals surface area contributed by atoms with E-state index in [-0.39, 0.29) is 22.6 Å². The molecule has 0 unspecified atom stereocenters. The number of Topliss-reactive ketones (excluding diaryl/α,β-unsaturated/α-hetero) is 1. The van der Waals surface area contributed by atoms with Crippen LogP contribution in [0.5, 0.6) is 0 Å². The summed E-state index contributed by atoms with van der Waals surface area (Å²) in [7, 11) is 0. The summed E-state index contributed by atoms with van der Waals surface area (Å²) >= 11 is 8.83. The highest BCUT2D eigenvalue weighted by Gasteiger charge is 2.31. The van der Waals surface area contributed by atoms with Gasteiger partial charge in [0.15, 0.2) is 10.9 Å². The summed E-state index contributed by atoms with van der Waals surface area (Å²) in [5.74, 6) is 0.176. The fourth-order valence-corrected chi connectivity index (χ4v) is 6.23. The number of carbonyl (C=O) groups excluding carboxylic acids is 1. The Labute approximate surface area is 210 Å². The molecule has 1 aliphatic rings. The quantitative estimate of drug-likeness (QED) is 0.235. The zero-order valence-corrected chi connectivity index (χ0v) is 21.4. The number of thioether (sulfide) groups is 1. The van der Waals surface area contributed by atoms with Crippen LogP contribution in [0.25, 0.3) is 16.0 Å². The fourth-order valence-electron chi connectivity index (χ4n) is 3.98.